The van der Waals surface area contributed by atoms with E-state index in [9.17, 15) is 5.11 Å². The third kappa shape index (κ3) is 9.95. The van der Waals surface area contributed by atoms with Gasteiger partial charge in [0.05, 0.1) is 19.3 Å². The number of methoxy groups -OCH3 is 1. The molecule has 0 saturated carbocycles. The SMILES string of the molecule is CCCCC(CC)COCC(CN(CCO)Cc1ccccc1)OC. The first-order valence-corrected chi connectivity index (χ1v) is 9.71. The van der Waals surface area contributed by atoms with E-state index in [1.54, 1.807) is 7.11 Å². The number of hydrogen-bond acceptors (Lipinski definition) is 4. The highest BCUT2D eigenvalue weighted by atomic mass is 16.5. The summed E-state index contributed by atoms with van der Waals surface area (Å²) in [6, 6.07) is 10.3. The lowest BCUT2D eigenvalue weighted by molar-refractivity contribution is -0.0225. The van der Waals surface area contributed by atoms with E-state index in [0.717, 1.165) is 19.7 Å². The van der Waals surface area contributed by atoms with Gasteiger partial charge in [0.1, 0.15) is 0 Å². The molecule has 0 fully saturated rings. The van der Waals surface area contributed by atoms with Crippen molar-refractivity contribution < 1.29 is 14.6 Å². The van der Waals surface area contributed by atoms with Gasteiger partial charge in [0.2, 0.25) is 0 Å². The Hall–Kier alpha value is -0.940. The van der Waals surface area contributed by atoms with Gasteiger partial charge in [0, 0.05) is 33.4 Å². The topological polar surface area (TPSA) is 41.9 Å². The van der Waals surface area contributed by atoms with Crippen LogP contribution >= 0.6 is 0 Å². The summed E-state index contributed by atoms with van der Waals surface area (Å²) in [6.07, 6.45) is 4.96. The van der Waals surface area contributed by atoms with E-state index < -0.39 is 0 Å². The monoisotopic (exact) mass is 351 g/mol. The van der Waals surface area contributed by atoms with Crippen LogP contribution in [0.15, 0.2) is 30.3 Å². The molecule has 2 unspecified atom stereocenters. The fraction of sp³-hybridized carbons (Fsp3) is 0.714. The van der Waals surface area contributed by atoms with Gasteiger partial charge in [-0.1, -0.05) is 63.4 Å². The van der Waals surface area contributed by atoms with Crippen molar-refractivity contribution in [2.75, 3.05) is 40.0 Å². The molecule has 1 N–H and O–H groups in total. The molecule has 0 aliphatic heterocycles. The zero-order valence-electron chi connectivity index (χ0n) is 16.3. The van der Waals surface area contributed by atoms with Gasteiger partial charge >= 0.3 is 0 Å². The maximum absolute atomic E-state index is 9.35. The number of aliphatic hydroxyl groups excluding tert-OH is 1. The highest BCUT2D eigenvalue weighted by Crippen LogP contribution is 2.13. The molecular formula is C21H37NO3. The Labute approximate surface area is 154 Å². The Balaban J connectivity index is 2.42. The van der Waals surface area contributed by atoms with Crippen LogP contribution in [0.3, 0.4) is 0 Å². The number of aliphatic hydroxyl groups is 1. The quantitative estimate of drug-likeness (QED) is 0.523. The summed E-state index contributed by atoms with van der Waals surface area (Å²) < 4.78 is 11.6. The molecule has 1 rings (SSSR count). The van der Waals surface area contributed by atoms with Crippen molar-refractivity contribution in [3.63, 3.8) is 0 Å². The van der Waals surface area contributed by atoms with Crippen molar-refractivity contribution >= 4 is 0 Å². The first kappa shape index (κ1) is 22.1. The minimum Gasteiger partial charge on any atom is -0.395 e. The molecule has 0 amide bonds. The smallest absolute Gasteiger partial charge is 0.0931 e. The Morgan fingerprint density at radius 2 is 1.88 bits per heavy atom. The standard InChI is InChI=1S/C21H37NO3/c1-4-6-10-19(5-2)17-25-18-21(24-3)16-22(13-14-23)15-20-11-8-7-9-12-20/h7-9,11-12,19,21,23H,4-6,10,13-18H2,1-3H3. The highest BCUT2D eigenvalue weighted by Gasteiger charge is 2.15. The third-order valence-corrected chi connectivity index (χ3v) is 4.66. The maximum Gasteiger partial charge on any atom is 0.0931 e. The van der Waals surface area contributed by atoms with Crippen molar-refractivity contribution in [2.45, 2.75) is 52.2 Å². The van der Waals surface area contributed by atoms with Crippen LogP contribution in [-0.4, -0.2) is 56.1 Å². The number of hydrogen-bond donors (Lipinski definition) is 1. The van der Waals surface area contributed by atoms with Gasteiger partial charge in [0.25, 0.3) is 0 Å². The van der Waals surface area contributed by atoms with Crippen LogP contribution in [0.1, 0.15) is 45.1 Å². The lowest BCUT2D eigenvalue weighted by Crippen LogP contribution is -2.37. The van der Waals surface area contributed by atoms with E-state index in [1.165, 1.54) is 31.2 Å². The number of benzene rings is 1. The number of ether oxygens (including phenoxy) is 2. The van der Waals surface area contributed by atoms with Gasteiger partial charge in [-0.25, -0.2) is 0 Å². The molecule has 2 atom stereocenters. The minimum absolute atomic E-state index is 0.0268. The van der Waals surface area contributed by atoms with Crippen molar-refractivity contribution in [3.8, 4) is 0 Å². The summed E-state index contributed by atoms with van der Waals surface area (Å²) >= 11 is 0. The molecule has 0 bridgehead atoms. The van der Waals surface area contributed by atoms with Gasteiger partial charge in [-0.05, 0) is 17.9 Å². The van der Waals surface area contributed by atoms with Crippen molar-refractivity contribution in [1.82, 2.24) is 4.90 Å². The predicted molar refractivity (Wildman–Crippen MR) is 104 cm³/mol. The van der Waals surface area contributed by atoms with E-state index in [-0.39, 0.29) is 12.7 Å². The number of unbranched alkanes of at least 4 members (excludes halogenated alkanes) is 1. The zero-order chi connectivity index (χ0) is 18.3. The highest BCUT2D eigenvalue weighted by molar-refractivity contribution is 5.14. The molecule has 4 nitrogen and oxygen atoms in total. The van der Waals surface area contributed by atoms with E-state index in [0.29, 0.717) is 19.1 Å². The van der Waals surface area contributed by atoms with Gasteiger partial charge in [-0.2, -0.15) is 0 Å². The van der Waals surface area contributed by atoms with Crippen LogP contribution < -0.4 is 0 Å². The minimum atomic E-state index is 0.0268. The van der Waals surface area contributed by atoms with E-state index >= 15 is 0 Å². The van der Waals surface area contributed by atoms with Gasteiger partial charge < -0.3 is 14.6 Å². The molecule has 0 aliphatic carbocycles. The van der Waals surface area contributed by atoms with Gasteiger partial charge in [-0.15, -0.1) is 0 Å². The molecule has 0 aliphatic rings. The van der Waals surface area contributed by atoms with Crippen LogP contribution in [0, 0.1) is 5.92 Å². The number of rotatable bonds is 15. The summed E-state index contributed by atoms with van der Waals surface area (Å²) in [5.74, 6) is 0.648. The second kappa shape index (κ2) is 14.3. The molecule has 0 radical (unpaired) electrons. The molecule has 0 aromatic heterocycles. The summed E-state index contributed by atoms with van der Waals surface area (Å²) in [4.78, 5) is 2.22. The Morgan fingerprint density at radius 1 is 1.12 bits per heavy atom. The van der Waals surface area contributed by atoms with Crippen LogP contribution in [-0.2, 0) is 16.0 Å². The van der Waals surface area contributed by atoms with E-state index in [4.69, 9.17) is 9.47 Å². The zero-order valence-corrected chi connectivity index (χ0v) is 16.3. The average molecular weight is 352 g/mol. The second-order valence-electron chi connectivity index (χ2n) is 6.76. The molecule has 4 heteroatoms. The predicted octanol–water partition coefficient (Wildman–Crippen LogP) is 3.73. The first-order valence-electron chi connectivity index (χ1n) is 9.71. The Morgan fingerprint density at radius 3 is 2.48 bits per heavy atom. The van der Waals surface area contributed by atoms with Crippen LogP contribution in [0.25, 0.3) is 0 Å². The van der Waals surface area contributed by atoms with E-state index in [1.807, 2.05) is 18.2 Å². The van der Waals surface area contributed by atoms with Crippen molar-refractivity contribution in [3.05, 3.63) is 35.9 Å². The summed E-state index contributed by atoms with van der Waals surface area (Å²) in [5.41, 5.74) is 1.25. The molecule has 144 valence electrons. The lowest BCUT2D eigenvalue weighted by Gasteiger charge is -2.27. The largest absolute Gasteiger partial charge is 0.395 e. The molecule has 0 heterocycles. The molecular weight excluding hydrogens is 314 g/mol. The molecule has 1 aromatic carbocycles. The van der Waals surface area contributed by atoms with Crippen LogP contribution in [0.2, 0.25) is 0 Å². The van der Waals surface area contributed by atoms with Crippen LogP contribution in [0.4, 0.5) is 0 Å². The van der Waals surface area contributed by atoms with Gasteiger partial charge in [-0.3, -0.25) is 4.90 Å². The molecule has 1 aromatic rings. The Bertz CT molecular complexity index is 413. The second-order valence-corrected chi connectivity index (χ2v) is 6.76. The van der Waals surface area contributed by atoms with E-state index in [2.05, 4.69) is 30.9 Å². The summed E-state index contributed by atoms with van der Waals surface area (Å²) in [5, 5.41) is 9.35. The average Bonchev–Trinajstić information content (AvgIpc) is 2.64. The molecule has 0 saturated heterocycles. The Kier molecular flexibility index (Phi) is 12.6. The number of nitrogens with zero attached hydrogens (tertiary/aromatic N) is 1. The third-order valence-electron chi connectivity index (χ3n) is 4.66. The first-order chi connectivity index (χ1) is 12.2. The fourth-order valence-electron chi connectivity index (χ4n) is 2.97. The maximum atomic E-state index is 9.35. The molecule has 25 heavy (non-hydrogen) atoms. The summed E-state index contributed by atoms with van der Waals surface area (Å²) in [7, 11) is 1.74. The lowest BCUT2D eigenvalue weighted by atomic mass is 10.0. The van der Waals surface area contributed by atoms with Gasteiger partial charge in [0.15, 0.2) is 0 Å². The fourth-order valence-corrected chi connectivity index (χ4v) is 2.97. The normalized spacial score (nSPS) is 14.0. The van der Waals surface area contributed by atoms with Crippen molar-refractivity contribution in [2.24, 2.45) is 5.92 Å². The van der Waals surface area contributed by atoms with Crippen LogP contribution in [0.5, 0.6) is 0 Å². The summed E-state index contributed by atoms with van der Waals surface area (Å²) in [6.45, 7) is 8.26. The molecule has 0 spiro atoms. The van der Waals surface area contributed by atoms with Crippen molar-refractivity contribution in [1.29, 1.82) is 0 Å².